The molecule has 1 aromatic carbocycles. The standard InChI is InChI=1S/C12H9N2.C7H9.2ClH.Zr/c1-2-4-11-8-12(7-10(11)3-1)14-6-5-13-9-14;1-6-4-3-5-7(6)2;;;/h1-9H;4H,3H2,1-2H3;2*1H;/q;;;;+2/p-2. The van der Waals surface area contributed by atoms with Crippen LogP contribution in [0.2, 0.25) is 0 Å². The van der Waals surface area contributed by atoms with E-state index in [2.05, 4.69) is 66.0 Å². The van der Waals surface area contributed by atoms with Gasteiger partial charge in [-0.3, -0.25) is 0 Å². The second-order valence-corrected chi connectivity index (χ2v) is 9.55. The zero-order valence-corrected chi connectivity index (χ0v) is 17.6. The van der Waals surface area contributed by atoms with Gasteiger partial charge in [0.2, 0.25) is 0 Å². The molecule has 0 radical (unpaired) electrons. The summed E-state index contributed by atoms with van der Waals surface area (Å²) >= 11 is -0.714. The van der Waals surface area contributed by atoms with Gasteiger partial charge < -0.3 is 24.8 Å². The summed E-state index contributed by atoms with van der Waals surface area (Å²) in [7, 11) is 0. The van der Waals surface area contributed by atoms with Crippen LogP contribution in [0.5, 0.6) is 0 Å². The van der Waals surface area contributed by atoms with Crippen LogP contribution in [0.25, 0.3) is 11.8 Å². The molecule has 0 saturated heterocycles. The minimum absolute atomic E-state index is 0. The third-order valence-electron chi connectivity index (χ3n) is 4.68. The first-order valence-corrected chi connectivity index (χ1v) is 10.3. The predicted octanol–water partition coefficient (Wildman–Crippen LogP) is -1.35. The zero-order valence-electron chi connectivity index (χ0n) is 13.6. The topological polar surface area (TPSA) is 17.8 Å². The summed E-state index contributed by atoms with van der Waals surface area (Å²) in [5.74, 6) is 0. The van der Waals surface area contributed by atoms with Gasteiger partial charge in [-0.1, -0.05) is 0 Å². The SMILES string of the molecule is CC1=CC[C]([Zr+2][CH]2C(n3ccnc3)=Cc3ccccc32)=C1C.[Cl-].[Cl-]. The van der Waals surface area contributed by atoms with Crippen molar-refractivity contribution in [2.75, 3.05) is 0 Å². The van der Waals surface area contributed by atoms with E-state index in [0.717, 1.165) is 0 Å². The van der Waals surface area contributed by atoms with Gasteiger partial charge in [0.25, 0.3) is 0 Å². The number of halogens is 2. The van der Waals surface area contributed by atoms with Gasteiger partial charge >= 0.3 is 143 Å². The second kappa shape index (κ2) is 7.99. The molecule has 2 aliphatic rings. The van der Waals surface area contributed by atoms with E-state index in [1.54, 1.807) is 8.85 Å². The van der Waals surface area contributed by atoms with Crippen molar-refractivity contribution in [2.45, 2.75) is 23.9 Å². The molecular weight excluding hydrogens is 418 g/mol. The quantitative estimate of drug-likeness (QED) is 0.582. The van der Waals surface area contributed by atoms with E-state index >= 15 is 0 Å². The van der Waals surface area contributed by atoms with Crippen molar-refractivity contribution >= 4 is 11.8 Å². The maximum Gasteiger partial charge on any atom is -1.00 e. The number of hydrogen-bond acceptors (Lipinski definition) is 1. The molecule has 1 unspecified atom stereocenters. The van der Waals surface area contributed by atoms with Crippen molar-refractivity contribution in [3.8, 4) is 0 Å². The molecule has 0 amide bonds. The number of aromatic nitrogens is 2. The van der Waals surface area contributed by atoms with Crippen LogP contribution in [-0.4, -0.2) is 9.55 Å². The third kappa shape index (κ3) is 3.40. The largest absolute Gasteiger partial charge is 1.00 e. The van der Waals surface area contributed by atoms with E-state index in [-0.39, 0.29) is 24.8 Å². The first-order valence-electron chi connectivity index (χ1n) is 7.66. The van der Waals surface area contributed by atoms with Crippen LogP contribution in [0.15, 0.2) is 63.5 Å². The molecule has 24 heavy (non-hydrogen) atoms. The smallest absolute Gasteiger partial charge is 1.00 e. The predicted molar refractivity (Wildman–Crippen MR) is 86.7 cm³/mol. The van der Waals surface area contributed by atoms with E-state index in [0.29, 0.717) is 3.63 Å². The molecule has 0 bridgehead atoms. The molecule has 122 valence electrons. The molecule has 2 aromatic rings. The minimum atomic E-state index is -0.714. The number of benzene rings is 1. The molecule has 2 aliphatic carbocycles. The Bertz CT molecular complexity index is 820. The molecule has 5 heteroatoms. The average molecular weight is 436 g/mol. The van der Waals surface area contributed by atoms with Crippen LogP contribution >= 0.6 is 0 Å². The van der Waals surface area contributed by atoms with Crippen LogP contribution in [0, 0.1) is 0 Å². The molecule has 1 heterocycles. The number of nitrogens with zero attached hydrogens (tertiary/aromatic N) is 2. The number of hydrogen-bond donors (Lipinski definition) is 0. The molecule has 0 aliphatic heterocycles. The Hall–Kier alpha value is -0.887. The summed E-state index contributed by atoms with van der Waals surface area (Å²) in [5, 5.41) is 0. The van der Waals surface area contributed by atoms with Gasteiger partial charge in [-0.25, -0.2) is 0 Å². The van der Waals surface area contributed by atoms with Gasteiger partial charge in [0.05, 0.1) is 0 Å². The molecule has 0 N–H and O–H groups in total. The van der Waals surface area contributed by atoms with Gasteiger partial charge in [0.1, 0.15) is 0 Å². The van der Waals surface area contributed by atoms with Crippen molar-refractivity contribution in [2.24, 2.45) is 0 Å². The molecule has 4 rings (SSSR count). The summed E-state index contributed by atoms with van der Waals surface area (Å²) in [6.45, 7) is 4.55. The van der Waals surface area contributed by atoms with Gasteiger partial charge in [0.15, 0.2) is 0 Å². The number of allylic oxidation sites excluding steroid dienone is 5. The van der Waals surface area contributed by atoms with Crippen LogP contribution in [0.4, 0.5) is 0 Å². The first kappa shape index (κ1) is 19.4. The van der Waals surface area contributed by atoms with E-state index in [4.69, 9.17) is 0 Å². The Morgan fingerprint density at radius 1 is 1.17 bits per heavy atom. The van der Waals surface area contributed by atoms with Crippen molar-refractivity contribution in [3.63, 3.8) is 0 Å². The van der Waals surface area contributed by atoms with Crippen molar-refractivity contribution < 1.29 is 48.0 Å². The molecule has 0 saturated carbocycles. The van der Waals surface area contributed by atoms with Crippen molar-refractivity contribution in [1.29, 1.82) is 0 Å². The molecule has 2 nitrogen and oxygen atoms in total. The molecule has 0 spiro atoms. The Morgan fingerprint density at radius 2 is 1.96 bits per heavy atom. The maximum absolute atomic E-state index is 4.24. The van der Waals surface area contributed by atoms with Crippen LogP contribution < -0.4 is 24.8 Å². The number of imidazole rings is 1. The summed E-state index contributed by atoms with van der Waals surface area (Å²) in [5.41, 5.74) is 7.35. The second-order valence-electron chi connectivity index (χ2n) is 5.94. The zero-order chi connectivity index (χ0) is 15.1. The van der Waals surface area contributed by atoms with Gasteiger partial charge in [-0.05, 0) is 0 Å². The monoisotopic (exact) mass is 434 g/mol. The average Bonchev–Trinajstić information content (AvgIpc) is 3.23. The Morgan fingerprint density at radius 3 is 2.62 bits per heavy atom. The van der Waals surface area contributed by atoms with E-state index < -0.39 is 23.2 Å². The number of fused-ring (bicyclic) bond motifs is 1. The number of rotatable bonds is 3. The summed E-state index contributed by atoms with van der Waals surface area (Å²) in [6, 6.07) is 8.87. The minimum Gasteiger partial charge on any atom is -1.00 e. The molecular formula is C19H18Cl2N2Zr. The normalized spacial score (nSPS) is 18.2. The van der Waals surface area contributed by atoms with Gasteiger partial charge in [0, 0.05) is 0 Å². The van der Waals surface area contributed by atoms with E-state index in [1.165, 1.54) is 28.8 Å². The summed E-state index contributed by atoms with van der Waals surface area (Å²) < 4.78 is 4.54. The first-order chi connectivity index (χ1) is 10.7. The molecule has 1 aromatic heterocycles. The summed E-state index contributed by atoms with van der Waals surface area (Å²) in [6.07, 6.45) is 11.8. The van der Waals surface area contributed by atoms with Crippen molar-refractivity contribution in [3.05, 3.63) is 74.6 Å². The summed E-state index contributed by atoms with van der Waals surface area (Å²) in [4.78, 5) is 4.24. The fourth-order valence-electron chi connectivity index (χ4n) is 3.24. The van der Waals surface area contributed by atoms with Crippen LogP contribution in [-0.2, 0) is 23.2 Å². The third-order valence-corrected chi connectivity index (χ3v) is 9.16. The van der Waals surface area contributed by atoms with Crippen LogP contribution in [0.1, 0.15) is 35.0 Å². The van der Waals surface area contributed by atoms with E-state index in [1.807, 2.05) is 12.5 Å². The Balaban J connectivity index is 0.00000104. The van der Waals surface area contributed by atoms with Gasteiger partial charge in [-0.15, -0.1) is 0 Å². The van der Waals surface area contributed by atoms with Crippen LogP contribution in [0.3, 0.4) is 0 Å². The van der Waals surface area contributed by atoms with E-state index in [9.17, 15) is 0 Å². The Kier molecular flexibility index (Phi) is 6.48. The molecule has 1 atom stereocenters. The maximum atomic E-state index is 4.24. The fraction of sp³-hybridized carbons (Fsp3) is 0.211. The van der Waals surface area contributed by atoms with Gasteiger partial charge in [-0.2, -0.15) is 0 Å². The Labute approximate surface area is 167 Å². The fourth-order valence-corrected chi connectivity index (χ4v) is 7.61. The molecule has 0 fully saturated rings. The van der Waals surface area contributed by atoms with Crippen molar-refractivity contribution in [1.82, 2.24) is 9.55 Å².